The van der Waals surface area contributed by atoms with Crippen molar-refractivity contribution in [1.29, 1.82) is 0 Å². The molecule has 1 atom stereocenters. The Bertz CT molecular complexity index is 389. The molecule has 1 fully saturated rings. The number of hydrogen-bond donors (Lipinski definition) is 2. The van der Waals surface area contributed by atoms with Crippen LogP contribution in [0.2, 0.25) is 0 Å². The molecule has 1 unspecified atom stereocenters. The Kier molecular flexibility index (Phi) is 4.69. The summed E-state index contributed by atoms with van der Waals surface area (Å²) in [5, 5.41) is 12.9. The van der Waals surface area contributed by atoms with Crippen LogP contribution < -0.4 is 5.32 Å². The first-order valence-corrected chi connectivity index (χ1v) is 6.54. The van der Waals surface area contributed by atoms with Crippen LogP contribution in [-0.2, 0) is 0 Å². The van der Waals surface area contributed by atoms with E-state index in [9.17, 15) is 9.50 Å². The molecule has 4 heteroatoms. The minimum absolute atomic E-state index is 0.0413. The molecule has 18 heavy (non-hydrogen) atoms. The highest BCUT2D eigenvalue weighted by Gasteiger charge is 2.23. The predicted octanol–water partition coefficient (Wildman–Crippen LogP) is 1.46. The van der Waals surface area contributed by atoms with Crippen molar-refractivity contribution in [3.05, 3.63) is 35.1 Å². The van der Waals surface area contributed by atoms with E-state index in [1.807, 2.05) is 13.0 Å². The number of aryl methyl sites for hydroxylation is 1. The summed E-state index contributed by atoms with van der Waals surface area (Å²) in [7, 11) is 0. The van der Waals surface area contributed by atoms with Gasteiger partial charge in [-0.05, 0) is 26.0 Å². The van der Waals surface area contributed by atoms with Gasteiger partial charge in [-0.1, -0.05) is 17.7 Å². The van der Waals surface area contributed by atoms with Crippen LogP contribution in [0.25, 0.3) is 0 Å². The Balaban J connectivity index is 2.23. The average Bonchev–Trinajstić information content (AvgIpc) is 2.64. The zero-order chi connectivity index (χ0) is 13.0. The lowest BCUT2D eigenvalue weighted by Gasteiger charge is -2.29. The third-order valence-electron chi connectivity index (χ3n) is 3.50. The van der Waals surface area contributed by atoms with E-state index in [1.165, 1.54) is 6.07 Å². The lowest BCUT2D eigenvalue weighted by atomic mass is 10.0. The first-order valence-electron chi connectivity index (χ1n) is 6.54. The third kappa shape index (κ3) is 3.07. The molecule has 0 radical (unpaired) electrons. The highest BCUT2D eigenvalue weighted by molar-refractivity contribution is 5.27. The van der Waals surface area contributed by atoms with Gasteiger partial charge in [-0.25, -0.2) is 4.39 Å². The molecule has 1 aromatic carbocycles. The molecule has 3 nitrogen and oxygen atoms in total. The Morgan fingerprint density at radius 2 is 2.22 bits per heavy atom. The molecule has 1 aromatic rings. The average molecular weight is 252 g/mol. The molecule has 100 valence electrons. The molecule has 0 aromatic heterocycles. The molecular weight excluding hydrogens is 231 g/mol. The summed E-state index contributed by atoms with van der Waals surface area (Å²) in [4.78, 5) is 2.16. The SMILES string of the molecule is Cc1ccc(F)c(C(CO)N2CCCNCC2)c1. The maximum atomic E-state index is 13.9. The van der Waals surface area contributed by atoms with Crippen LogP contribution >= 0.6 is 0 Å². The molecule has 0 amide bonds. The van der Waals surface area contributed by atoms with Crippen LogP contribution in [0.3, 0.4) is 0 Å². The molecule has 0 bridgehead atoms. The molecule has 2 rings (SSSR count). The Hall–Kier alpha value is -0.970. The van der Waals surface area contributed by atoms with Crippen molar-refractivity contribution in [1.82, 2.24) is 10.2 Å². The van der Waals surface area contributed by atoms with E-state index in [0.717, 1.165) is 38.2 Å². The number of hydrogen-bond acceptors (Lipinski definition) is 3. The molecule has 0 spiro atoms. The van der Waals surface area contributed by atoms with Crippen molar-refractivity contribution in [3.8, 4) is 0 Å². The molecule has 1 heterocycles. The molecule has 2 N–H and O–H groups in total. The number of benzene rings is 1. The summed E-state index contributed by atoms with van der Waals surface area (Å²) in [5.41, 5.74) is 1.64. The fourth-order valence-electron chi connectivity index (χ4n) is 2.51. The normalized spacial score (nSPS) is 19.5. The highest BCUT2D eigenvalue weighted by Crippen LogP contribution is 2.24. The number of aliphatic hydroxyl groups excluding tert-OH is 1. The molecule has 1 saturated heterocycles. The number of halogens is 1. The second kappa shape index (κ2) is 6.27. The van der Waals surface area contributed by atoms with Gasteiger partial charge < -0.3 is 10.4 Å². The zero-order valence-electron chi connectivity index (χ0n) is 10.8. The van der Waals surface area contributed by atoms with Crippen molar-refractivity contribution in [3.63, 3.8) is 0 Å². The zero-order valence-corrected chi connectivity index (χ0v) is 10.8. The predicted molar refractivity (Wildman–Crippen MR) is 70.0 cm³/mol. The van der Waals surface area contributed by atoms with Crippen LogP contribution in [0.4, 0.5) is 4.39 Å². The van der Waals surface area contributed by atoms with Crippen molar-refractivity contribution >= 4 is 0 Å². The van der Waals surface area contributed by atoms with E-state index in [4.69, 9.17) is 0 Å². The maximum Gasteiger partial charge on any atom is 0.128 e. The standard InChI is InChI=1S/C14H21FN2O/c1-11-3-4-13(15)12(9-11)14(10-18)17-7-2-5-16-6-8-17/h3-4,9,14,16,18H,2,5-8,10H2,1H3. The van der Waals surface area contributed by atoms with E-state index < -0.39 is 0 Å². The molecule has 0 saturated carbocycles. The van der Waals surface area contributed by atoms with Crippen molar-refractivity contribution in [2.24, 2.45) is 0 Å². The molecule has 1 aliphatic rings. The maximum absolute atomic E-state index is 13.9. The second-order valence-corrected chi connectivity index (χ2v) is 4.86. The summed E-state index contributed by atoms with van der Waals surface area (Å²) >= 11 is 0. The fourth-order valence-corrected chi connectivity index (χ4v) is 2.51. The van der Waals surface area contributed by atoms with Gasteiger partial charge in [0.2, 0.25) is 0 Å². The van der Waals surface area contributed by atoms with Gasteiger partial charge in [0.15, 0.2) is 0 Å². The highest BCUT2D eigenvalue weighted by atomic mass is 19.1. The van der Waals surface area contributed by atoms with Gasteiger partial charge in [0, 0.05) is 25.2 Å². The summed E-state index contributed by atoms with van der Waals surface area (Å²) in [6.07, 6.45) is 1.03. The number of aliphatic hydroxyl groups is 1. The van der Waals surface area contributed by atoms with Crippen molar-refractivity contribution in [2.75, 3.05) is 32.8 Å². The smallest absolute Gasteiger partial charge is 0.128 e. The fraction of sp³-hybridized carbons (Fsp3) is 0.571. The minimum atomic E-state index is -0.232. The minimum Gasteiger partial charge on any atom is -0.394 e. The summed E-state index contributed by atoms with van der Waals surface area (Å²) < 4.78 is 13.9. The lowest BCUT2D eigenvalue weighted by Crippen LogP contribution is -2.34. The van der Waals surface area contributed by atoms with Crippen LogP contribution in [-0.4, -0.2) is 42.8 Å². The van der Waals surface area contributed by atoms with Crippen molar-refractivity contribution < 1.29 is 9.50 Å². The lowest BCUT2D eigenvalue weighted by molar-refractivity contribution is 0.127. The van der Waals surface area contributed by atoms with E-state index >= 15 is 0 Å². The van der Waals surface area contributed by atoms with Gasteiger partial charge in [0.05, 0.1) is 12.6 Å². The molecule has 1 aliphatic heterocycles. The van der Waals surface area contributed by atoms with Gasteiger partial charge >= 0.3 is 0 Å². The molecular formula is C14H21FN2O. The van der Waals surface area contributed by atoms with E-state index in [2.05, 4.69) is 10.2 Å². The Labute approximate surface area is 108 Å². The third-order valence-corrected chi connectivity index (χ3v) is 3.50. The van der Waals surface area contributed by atoms with Crippen LogP contribution in [0.15, 0.2) is 18.2 Å². The van der Waals surface area contributed by atoms with E-state index in [1.54, 1.807) is 6.07 Å². The van der Waals surface area contributed by atoms with Crippen LogP contribution in [0.1, 0.15) is 23.6 Å². The van der Waals surface area contributed by atoms with E-state index in [-0.39, 0.29) is 18.5 Å². The number of rotatable bonds is 3. The summed E-state index contributed by atoms with van der Waals surface area (Å²) in [6.45, 7) is 5.53. The largest absolute Gasteiger partial charge is 0.394 e. The first-order chi connectivity index (χ1) is 8.72. The van der Waals surface area contributed by atoms with Gasteiger partial charge in [-0.3, -0.25) is 4.90 Å². The summed E-state index contributed by atoms with van der Waals surface area (Å²) in [6, 6.07) is 4.86. The van der Waals surface area contributed by atoms with Crippen LogP contribution in [0, 0.1) is 12.7 Å². The second-order valence-electron chi connectivity index (χ2n) is 4.86. The number of nitrogens with zero attached hydrogens (tertiary/aromatic N) is 1. The number of nitrogens with one attached hydrogen (secondary N) is 1. The first kappa shape index (κ1) is 13.5. The Morgan fingerprint density at radius 3 is 3.00 bits per heavy atom. The van der Waals surface area contributed by atoms with E-state index in [0.29, 0.717) is 5.56 Å². The molecule has 0 aliphatic carbocycles. The quantitative estimate of drug-likeness (QED) is 0.855. The topological polar surface area (TPSA) is 35.5 Å². The van der Waals surface area contributed by atoms with Gasteiger partial charge in [0.1, 0.15) is 5.82 Å². The summed E-state index contributed by atoms with van der Waals surface area (Å²) in [5.74, 6) is -0.225. The Morgan fingerprint density at radius 1 is 1.39 bits per heavy atom. The van der Waals surface area contributed by atoms with Gasteiger partial charge in [-0.15, -0.1) is 0 Å². The van der Waals surface area contributed by atoms with Gasteiger partial charge in [-0.2, -0.15) is 0 Å². The van der Waals surface area contributed by atoms with Crippen molar-refractivity contribution in [2.45, 2.75) is 19.4 Å². The monoisotopic (exact) mass is 252 g/mol. The van der Waals surface area contributed by atoms with Gasteiger partial charge in [0.25, 0.3) is 0 Å². The van der Waals surface area contributed by atoms with Crippen LogP contribution in [0.5, 0.6) is 0 Å².